The van der Waals surface area contributed by atoms with Crippen molar-refractivity contribution < 1.29 is 38.1 Å². The van der Waals surface area contributed by atoms with Gasteiger partial charge < -0.3 is 18.9 Å². The molecule has 0 amide bonds. The molecule has 2 saturated carbocycles. The van der Waals surface area contributed by atoms with Gasteiger partial charge in [-0.05, 0) is 125 Å². The minimum Gasteiger partial charge on any atom is -0.450 e. The summed E-state index contributed by atoms with van der Waals surface area (Å²) in [7, 11) is 0. The van der Waals surface area contributed by atoms with E-state index in [2.05, 4.69) is 25.7 Å². The van der Waals surface area contributed by atoms with E-state index in [9.17, 15) is 14.4 Å². The lowest BCUT2D eigenvalue weighted by molar-refractivity contribution is -0.150. The highest BCUT2D eigenvalue weighted by Gasteiger charge is 2.75. The molecule has 8 bridgehead atoms. The summed E-state index contributed by atoms with van der Waals surface area (Å²) in [5, 5.41) is 0. The lowest BCUT2D eigenvalue weighted by atomic mass is 9.54. The Morgan fingerprint density at radius 1 is 0.533 bits per heavy atom. The second kappa shape index (κ2) is 10.6. The van der Waals surface area contributed by atoms with Crippen LogP contribution in [0.2, 0.25) is 0 Å². The van der Waals surface area contributed by atoms with Gasteiger partial charge in [-0.2, -0.15) is 0 Å². The predicted octanol–water partition coefficient (Wildman–Crippen LogP) is 3.42. The van der Waals surface area contributed by atoms with E-state index in [1.54, 1.807) is 6.08 Å². The first-order valence-corrected chi connectivity index (χ1v) is 23.8. The Morgan fingerprint density at radius 2 is 1.08 bits per heavy atom. The van der Waals surface area contributed by atoms with Gasteiger partial charge in [0.1, 0.15) is 0 Å². The zero-order chi connectivity index (χ0) is 39.4. The van der Waals surface area contributed by atoms with E-state index in [1.165, 1.54) is 16.7 Å². The Kier molecular flexibility index (Phi) is 6.00. The molecule has 13 heterocycles. The summed E-state index contributed by atoms with van der Waals surface area (Å²) in [6.45, 7) is 3.94. The zero-order valence-corrected chi connectivity index (χ0v) is 34.0. The van der Waals surface area contributed by atoms with Crippen LogP contribution in [0.1, 0.15) is 89.9 Å². The number of ether oxygens (including phenoxy) is 4. The number of rotatable bonds is 3. The Balaban J connectivity index is 0.927. The summed E-state index contributed by atoms with van der Waals surface area (Å²) in [5.41, 5.74) is 4.32. The lowest BCUT2D eigenvalue weighted by Crippen LogP contribution is -2.54. The average molecular weight is 813 g/mol. The Hall–Kier alpha value is -3.58. The highest BCUT2D eigenvalue weighted by molar-refractivity contribution is 5.97. The van der Waals surface area contributed by atoms with Gasteiger partial charge in [-0.3, -0.25) is 19.6 Å². The smallest absolute Gasteiger partial charge is 0.335 e. The molecule has 0 aromatic rings. The fourth-order valence-corrected chi connectivity index (χ4v) is 19.1. The molecule has 8 unspecified atom stereocenters. The van der Waals surface area contributed by atoms with Crippen LogP contribution in [-0.4, -0.2) is 140 Å². The minimum atomic E-state index is -0.715. The highest BCUT2D eigenvalue weighted by atomic mass is 16.6. The summed E-state index contributed by atoms with van der Waals surface area (Å²) >= 11 is 0. The third kappa shape index (κ3) is 3.58. The monoisotopic (exact) mass is 812 g/mol. The van der Waals surface area contributed by atoms with E-state index < -0.39 is 22.4 Å². The maximum Gasteiger partial charge on any atom is 0.335 e. The summed E-state index contributed by atoms with van der Waals surface area (Å²) in [6, 6.07) is 1.27. The van der Waals surface area contributed by atoms with Gasteiger partial charge in [0, 0.05) is 91.1 Å². The van der Waals surface area contributed by atoms with Gasteiger partial charge in [-0.25, -0.2) is 19.2 Å². The number of hydrogen-bond donors (Lipinski definition) is 0. The van der Waals surface area contributed by atoms with Crippen molar-refractivity contribution in [2.24, 2.45) is 23.7 Å². The predicted molar refractivity (Wildman–Crippen MR) is 210 cm³/mol. The summed E-state index contributed by atoms with van der Waals surface area (Å²) in [5.74, 6) is -0.735. The van der Waals surface area contributed by atoms with Crippen LogP contribution in [0.25, 0.3) is 0 Å². The van der Waals surface area contributed by atoms with Crippen molar-refractivity contribution >= 4 is 23.9 Å². The molecule has 0 N–H and O–H groups in total. The largest absolute Gasteiger partial charge is 0.450 e. The third-order valence-corrected chi connectivity index (χ3v) is 20.4. The Labute approximate surface area is 348 Å². The quantitative estimate of drug-likeness (QED) is 0.307. The van der Waals surface area contributed by atoms with Crippen LogP contribution in [0.5, 0.6) is 0 Å². The van der Waals surface area contributed by atoms with Crippen LogP contribution < -0.4 is 0 Å². The van der Waals surface area contributed by atoms with Crippen LogP contribution in [0.15, 0.2) is 57.7 Å². The van der Waals surface area contributed by atoms with Crippen LogP contribution in [0.4, 0.5) is 0 Å². The number of fused-ring (bicyclic) bond motifs is 9. The zero-order valence-electron chi connectivity index (χ0n) is 34.0. The van der Waals surface area contributed by atoms with E-state index >= 15 is 4.79 Å². The van der Waals surface area contributed by atoms with Gasteiger partial charge in [-0.1, -0.05) is 6.08 Å². The summed E-state index contributed by atoms with van der Waals surface area (Å²) in [4.78, 5) is 66.3. The molecule has 9 saturated heterocycles. The average Bonchev–Trinajstić information content (AvgIpc) is 4.06. The maximum absolute atomic E-state index is 15.3. The van der Waals surface area contributed by atoms with E-state index in [0.717, 1.165) is 126 Å². The third-order valence-electron chi connectivity index (χ3n) is 20.4. The maximum atomic E-state index is 15.3. The Morgan fingerprint density at radius 3 is 1.80 bits per heavy atom. The van der Waals surface area contributed by atoms with Crippen molar-refractivity contribution in [3.8, 4) is 0 Å². The van der Waals surface area contributed by atoms with Crippen LogP contribution in [0.3, 0.4) is 0 Å². The molecule has 16 rings (SSSR count). The Bertz CT molecular complexity index is 2370. The van der Waals surface area contributed by atoms with Crippen molar-refractivity contribution in [3.05, 3.63) is 57.7 Å². The molecule has 60 heavy (non-hydrogen) atoms. The van der Waals surface area contributed by atoms with Crippen LogP contribution >= 0.6 is 0 Å². The second-order valence-corrected chi connectivity index (χ2v) is 22.0. The van der Waals surface area contributed by atoms with Crippen molar-refractivity contribution in [3.63, 3.8) is 0 Å². The second-order valence-electron chi connectivity index (χ2n) is 22.0. The minimum absolute atomic E-state index is 0.0165. The molecule has 0 aromatic heterocycles. The number of nitrogens with zero attached hydrogens (tertiary/aromatic N) is 4. The van der Waals surface area contributed by atoms with E-state index in [-0.39, 0.29) is 95.9 Å². The first-order valence-electron chi connectivity index (χ1n) is 23.8. The fraction of sp³-hybridized carbons (Fsp3) is 0.708. The molecule has 12 nitrogen and oxygen atoms in total. The highest BCUT2D eigenvalue weighted by Crippen LogP contribution is 2.70. The number of carbonyl (C=O) groups is 4. The van der Waals surface area contributed by atoms with Crippen molar-refractivity contribution in [1.29, 1.82) is 0 Å². The van der Waals surface area contributed by atoms with Crippen molar-refractivity contribution in [2.45, 2.75) is 161 Å². The normalized spacial score (nSPS) is 53.5. The van der Waals surface area contributed by atoms with Crippen LogP contribution in [-0.2, 0) is 38.1 Å². The van der Waals surface area contributed by atoms with E-state index in [4.69, 9.17) is 18.9 Å². The summed E-state index contributed by atoms with van der Waals surface area (Å²) in [6.07, 6.45) is 21.1. The molecule has 3 aliphatic carbocycles. The fourth-order valence-electron chi connectivity index (χ4n) is 19.1. The molecular formula is C48H52N4O8. The topological polar surface area (TPSA) is 118 Å². The molecular weight excluding hydrogens is 761 g/mol. The molecule has 312 valence electrons. The molecule has 16 aliphatic rings. The van der Waals surface area contributed by atoms with Crippen molar-refractivity contribution in [2.75, 3.05) is 26.2 Å². The SMILES string of the molecule is O=C1C=C2CC(C3=C4C(C5C(C6CC7=CC(=O)O[C@@]78C[C@@H]6N6CCCC68)C6=CC(=O)O[C@@]67C[C@@H]5N5CCCC57)=C[C@@H]5C[C@@]4(OC3=O)C3CCCN35)[C@@H]3C[C@@]2(O1)C1CCCN13. The van der Waals surface area contributed by atoms with Gasteiger partial charge >= 0.3 is 23.9 Å². The number of carbonyl (C=O) groups excluding carboxylic acids is 4. The first kappa shape index (κ1) is 34.0. The molecule has 16 atom stereocenters. The van der Waals surface area contributed by atoms with Gasteiger partial charge in [0.25, 0.3) is 0 Å². The first-order chi connectivity index (χ1) is 29.2. The summed E-state index contributed by atoms with van der Waals surface area (Å²) < 4.78 is 26.5. The van der Waals surface area contributed by atoms with Crippen LogP contribution in [0, 0.1) is 23.7 Å². The van der Waals surface area contributed by atoms with E-state index in [1.807, 2.05) is 12.2 Å². The standard InChI is InChI=1S/C48H52N4O8/c53-37-15-23-13-26(30-20-45(23,57-37)33-5-2-10-50(30)33)40-29-18-39(55)59-47(29)22-32(52-12-4-7-35(47)52)41(40)28-17-25-19-48(36-8-1-9-49(25)36)43(28)42(44(56)60-48)27-14-24-16-38(54)58-46(24)21-31(27)51-11-3-6-34(46)51/h15-18,25-27,30-36,40-41H,1-14,19-22H2/t25-,26?,27?,30+,31+,32+,33?,34?,35?,36?,40?,41?,45+,46+,47+,48-/m1/s1. The molecule has 13 aliphatic heterocycles. The molecule has 11 fully saturated rings. The molecule has 12 heteroatoms. The van der Waals surface area contributed by atoms with Gasteiger partial charge in [0.15, 0.2) is 22.4 Å². The molecule has 4 spiro atoms. The number of hydrogen-bond acceptors (Lipinski definition) is 12. The van der Waals surface area contributed by atoms with Gasteiger partial charge in [0.05, 0.1) is 24.2 Å². The molecule has 0 radical (unpaired) electrons. The van der Waals surface area contributed by atoms with Crippen molar-refractivity contribution in [1.82, 2.24) is 19.6 Å². The van der Waals surface area contributed by atoms with Gasteiger partial charge in [0.2, 0.25) is 0 Å². The van der Waals surface area contributed by atoms with E-state index in [0.29, 0.717) is 6.42 Å². The molecule has 0 aromatic carbocycles. The van der Waals surface area contributed by atoms with Gasteiger partial charge in [-0.15, -0.1) is 0 Å². The number of esters is 4. The lowest BCUT2D eigenvalue weighted by Gasteiger charge is -2.51.